The third-order valence-corrected chi connectivity index (χ3v) is 1.31. The van der Waals surface area contributed by atoms with Crippen LogP contribution in [0, 0.1) is 5.92 Å². The first-order valence-corrected chi connectivity index (χ1v) is 2.52. The van der Waals surface area contributed by atoms with Crippen LogP contribution < -0.4 is 5.32 Å². The molecule has 0 aromatic carbocycles. The lowest BCUT2D eigenvalue weighted by Crippen LogP contribution is -2.16. The molecule has 3 heteroatoms. The van der Waals surface area contributed by atoms with Gasteiger partial charge >= 0.3 is 0 Å². The summed E-state index contributed by atoms with van der Waals surface area (Å²) in [4.78, 5) is 21.0. The maximum atomic E-state index is 10.5. The number of hydrogen-bond acceptors (Lipinski definition) is 2. The van der Waals surface area contributed by atoms with E-state index in [-0.39, 0.29) is 18.2 Å². The van der Waals surface area contributed by atoms with Crippen molar-refractivity contribution in [3.05, 3.63) is 0 Å². The molecule has 0 bridgehead atoms. The van der Waals surface area contributed by atoms with Crippen molar-refractivity contribution in [1.29, 1.82) is 0 Å². The summed E-state index contributed by atoms with van der Waals surface area (Å²) in [5, 5.41) is 2.43. The Labute approximate surface area is 47.1 Å². The Balaban J connectivity index is 2.70. The van der Waals surface area contributed by atoms with Gasteiger partial charge in [0.2, 0.25) is 5.91 Å². The minimum absolute atomic E-state index is 0.00463. The van der Waals surface area contributed by atoms with Crippen LogP contribution in [0.4, 0.5) is 0 Å². The number of amides is 1. The van der Waals surface area contributed by atoms with Crippen molar-refractivity contribution in [2.24, 2.45) is 5.92 Å². The minimum Gasteiger partial charge on any atom is -0.348 e. The number of carbonyl (C=O) groups excluding carboxylic acids is 2. The van der Waals surface area contributed by atoms with Crippen LogP contribution in [0.2, 0.25) is 0 Å². The van der Waals surface area contributed by atoms with Gasteiger partial charge in [-0.3, -0.25) is 9.59 Å². The molecule has 0 radical (unpaired) electrons. The molecule has 0 aromatic rings. The Hall–Kier alpha value is -0.860. The fourth-order valence-electron chi connectivity index (χ4n) is 0.627. The van der Waals surface area contributed by atoms with Gasteiger partial charge in [-0.1, -0.05) is 0 Å². The number of rotatable bonds is 0. The van der Waals surface area contributed by atoms with Crippen LogP contribution in [0.3, 0.4) is 0 Å². The summed E-state index contributed by atoms with van der Waals surface area (Å²) >= 11 is 0. The molecule has 3 nitrogen and oxygen atoms in total. The molecule has 0 aliphatic carbocycles. The van der Waals surface area contributed by atoms with Gasteiger partial charge in [0.25, 0.3) is 0 Å². The van der Waals surface area contributed by atoms with Crippen molar-refractivity contribution >= 4 is 11.7 Å². The minimum atomic E-state index is -0.407. The van der Waals surface area contributed by atoms with Crippen LogP contribution in [-0.4, -0.2) is 18.2 Å². The lowest BCUT2D eigenvalue weighted by molar-refractivity contribution is -0.126. The predicted octanol–water partition coefficient (Wildman–Crippen LogP) is -0.679. The molecule has 1 saturated heterocycles. The van der Waals surface area contributed by atoms with E-state index in [2.05, 4.69) is 5.32 Å². The highest BCUT2D eigenvalue weighted by Crippen LogP contribution is 2.01. The maximum Gasteiger partial charge on any atom is 0.230 e. The van der Waals surface area contributed by atoms with Gasteiger partial charge in [0.15, 0.2) is 5.78 Å². The largest absolute Gasteiger partial charge is 0.348 e. The van der Waals surface area contributed by atoms with Crippen molar-refractivity contribution in [2.45, 2.75) is 6.92 Å². The van der Waals surface area contributed by atoms with E-state index in [4.69, 9.17) is 0 Å². The van der Waals surface area contributed by atoms with Gasteiger partial charge < -0.3 is 5.32 Å². The molecule has 1 fully saturated rings. The van der Waals surface area contributed by atoms with E-state index >= 15 is 0 Å². The normalized spacial score (nSPS) is 28.4. The van der Waals surface area contributed by atoms with Gasteiger partial charge in [-0.2, -0.15) is 0 Å². The molecule has 1 aliphatic rings. The maximum absolute atomic E-state index is 10.5. The quantitative estimate of drug-likeness (QED) is 0.423. The number of Topliss-reactive ketones (excluding diaryl/α,β-unsaturated/α-hetero) is 1. The second kappa shape index (κ2) is 1.58. The molecule has 0 saturated carbocycles. The van der Waals surface area contributed by atoms with E-state index < -0.39 is 5.92 Å². The van der Waals surface area contributed by atoms with Crippen LogP contribution in [0.5, 0.6) is 0 Å². The molecule has 1 amide bonds. The molecule has 1 rings (SSSR count). The van der Waals surface area contributed by atoms with Crippen molar-refractivity contribution in [2.75, 3.05) is 6.54 Å². The second-order valence-electron chi connectivity index (χ2n) is 1.91. The summed E-state index contributed by atoms with van der Waals surface area (Å²) in [6.45, 7) is 1.84. The van der Waals surface area contributed by atoms with E-state index in [0.717, 1.165) is 0 Å². The average molecular weight is 113 g/mol. The summed E-state index contributed by atoms with van der Waals surface area (Å²) in [6, 6.07) is 0. The van der Waals surface area contributed by atoms with E-state index in [9.17, 15) is 9.59 Å². The first-order chi connectivity index (χ1) is 3.72. The highest BCUT2D eigenvalue weighted by atomic mass is 16.2. The third kappa shape index (κ3) is 0.598. The molecule has 1 aliphatic heterocycles. The van der Waals surface area contributed by atoms with Crippen molar-refractivity contribution in [1.82, 2.24) is 5.32 Å². The number of nitrogens with one attached hydrogen (secondary N) is 1. The average Bonchev–Trinajstić information content (AvgIpc) is 1.98. The number of hydrogen-bond donors (Lipinski definition) is 1. The highest BCUT2D eigenvalue weighted by Gasteiger charge is 2.27. The molecule has 1 atom stereocenters. The van der Waals surface area contributed by atoms with Crippen LogP contribution in [0.25, 0.3) is 0 Å². The molecule has 1 N–H and O–H groups in total. The number of carbonyl (C=O) groups is 2. The Morgan fingerprint density at radius 3 is 2.38 bits per heavy atom. The topological polar surface area (TPSA) is 46.2 Å². The fourth-order valence-corrected chi connectivity index (χ4v) is 0.627. The van der Waals surface area contributed by atoms with Crippen LogP contribution in [0.15, 0.2) is 0 Å². The van der Waals surface area contributed by atoms with Gasteiger partial charge in [0.05, 0.1) is 12.5 Å². The standard InChI is InChI=1S/C5H7NO2/c1-3-4(7)2-6-5(3)8/h3H,2H2,1H3,(H,6,8). The van der Waals surface area contributed by atoms with E-state index in [1.54, 1.807) is 6.92 Å². The zero-order valence-corrected chi connectivity index (χ0v) is 4.60. The molecule has 44 valence electrons. The van der Waals surface area contributed by atoms with Crippen LogP contribution in [0.1, 0.15) is 6.92 Å². The van der Waals surface area contributed by atoms with Crippen molar-refractivity contribution in [3.8, 4) is 0 Å². The molecule has 1 unspecified atom stereocenters. The Morgan fingerprint density at radius 1 is 1.62 bits per heavy atom. The molecular formula is C5H7NO2. The van der Waals surface area contributed by atoms with Gasteiger partial charge in [-0.15, -0.1) is 0 Å². The van der Waals surface area contributed by atoms with Gasteiger partial charge in [-0.05, 0) is 6.92 Å². The van der Waals surface area contributed by atoms with Crippen molar-refractivity contribution in [3.63, 3.8) is 0 Å². The summed E-state index contributed by atoms with van der Waals surface area (Å²) in [5.74, 6) is -0.556. The smallest absolute Gasteiger partial charge is 0.230 e. The third-order valence-electron chi connectivity index (χ3n) is 1.31. The van der Waals surface area contributed by atoms with Gasteiger partial charge in [0, 0.05) is 0 Å². The summed E-state index contributed by atoms with van der Waals surface area (Å²) in [7, 11) is 0. The predicted molar refractivity (Wildman–Crippen MR) is 27.2 cm³/mol. The zero-order valence-electron chi connectivity index (χ0n) is 4.60. The van der Waals surface area contributed by atoms with Crippen LogP contribution >= 0.6 is 0 Å². The molecule has 0 spiro atoms. The SMILES string of the molecule is CC1C(=O)CNC1=O. The Morgan fingerprint density at radius 2 is 2.25 bits per heavy atom. The van der Waals surface area contributed by atoms with Crippen LogP contribution in [-0.2, 0) is 9.59 Å². The Bertz CT molecular complexity index is 125. The van der Waals surface area contributed by atoms with Crippen molar-refractivity contribution < 1.29 is 9.59 Å². The molecule has 0 aromatic heterocycles. The highest BCUT2D eigenvalue weighted by molar-refractivity contribution is 6.07. The summed E-state index contributed by atoms with van der Waals surface area (Å²) in [5.41, 5.74) is 0. The van der Waals surface area contributed by atoms with E-state index in [1.165, 1.54) is 0 Å². The lowest BCUT2D eigenvalue weighted by atomic mass is 10.1. The summed E-state index contributed by atoms with van der Waals surface area (Å²) < 4.78 is 0. The molecule has 8 heavy (non-hydrogen) atoms. The van der Waals surface area contributed by atoms with Gasteiger partial charge in [-0.25, -0.2) is 0 Å². The Kier molecular flexibility index (Phi) is 1.04. The van der Waals surface area contributed by atoms with E-state index in [1.807, 2.05) is 0 Å². The molecular weight excluding hydrogens is 106 g/mol. The lowest BCUT2D eigenvalue weighted by Gasteiger charge is -1.89. The first kappa shape index (κ1) is 5.28. The van der Waals surface area contributed by atoms with E-state index in [0.29, 0.717) is 0 Å². The summed E-state index contributed by atoms with van der Waals surface area (Å²) in [6.07, 6.45) is 0. The fraction of sp³-hybridized carbons (Fsp3) is 0.600. The first-order valence-electron chi connectivity index (χ1n) is 2.52. The zero-order chi connectivity index (χ0) is 6.15. The van der Waals surface area contributed by atoms with Gasteiger partial charge in [0.1, 0.15) is 0 Å². The molecule has 1 heterocycles. The number of ketones is 1. The second-order valence-corrected chi connectivity index (χ2v) is 1.91. The monoisotopic (exact) mass is 113 g/mol.